The van der Waals surface area contributed by atoms with Crippen LogP contribution in [-0.4, -0.2) is 23.8 Å². The van der Waals surface area contributed by atoms with E-state index in [-0.39, 0.29) is 6.04 Å². The Kier molecular flexibility index (Phi) is 4.97. The van der Waals surface area contributed by atoms with Crippen LogP contribution in [0.3, 0.4) is 0 Å². The zero-order valence-electron chi connectivity index (χ0n) is 10.5. The predicted octanol–water partition coefficient (Wildman–Crippen LogP) is 2.37. The van der Waals surface area contributed by atoms with Crippen molar-refractivity contribution in [2.24, 2.45) is 0 Å². The van der Waals surface area contributed by atoms with Gasteiger partial charge in [-0.25, -0.2) is 0 Å². The van der Waals surface area contributed by atoms with Gasteiger partial charge in [-0.05, 0) is 26.0 Å². The average Bonchev–Trinajstić information content (AvgIpc) is 2.26. The van der Waals surface area contributed by atoms with E-state index >= 15 is 0 Å². The number of rotatable bonds is 6. The summed E-state index contributed by atoms with van der Waals surface area (Å²) in [7, 11) is 1.92. The van der Waals surface area contributed by atoms with Crippen molar-refractivity contribution in [2.45, 2.75) is 44.8 Å². The Morgan fingerprint density at radius 1 is 1.31 bits per heavy atom. The summed E-state index contributed by atoms with van der Waals surface area (Å²) in [6, 6.07) is 10.3. The molecular formula is C14H23NO. The second-order valence-electron chi connectivity index (χ2n) is 4.65. The summed E-state index contributed by atoms with van der Waals surface area (Å²) in [4.78, 5) is 0. The number of hydrogen-bond donors (Lipinski definition) is 2. The van der Waals surface area contributed by atoms with E-state index in [2.05, 4.69) is 24.4 Å². The topological polar surface area (TPSA) is 32.3 Å². The lowest BCUT2D eigenvalue weighted by molar-refractivity contribution is 0.0189. The van der Waals surface area contributed by atoms with E-state index in [1.54, 1.807) is 0 Å². The highest BCUT2D eigenvalue weighted by atomic mass is 16.3. The minimum absolute atomic E-state index is 0.151. The standard InChI is InChI=1S/C14H23NO/c1-4-8-13(15-3)14(2,16)11-12-9-6-5-7-10-12/h5-7,9-10,13,15-16H,4,8,11H2,1-3H3/t13-,14+/m1/s1. The van der Waals surface area contributed by atoms with Crippen LogP contribution in [-0.2, 0) is 6.42 Å². The van der Waals surface area contributed by atoms with Crippen molar-refractivity contribution in [1.29, 1.82) is 0 Å². The number of likely N-dealkylation sites (N-methyl/N-ethyl adjacent to an activating group) is 1. The molecule has 1 aromatic carbocycles. The third-order valence-corrected chi connectivity index (χ3v) is 3.08. The Morgan fingerprint density at radius 2 is 1.94 bits per heavy atom. The zero-order valence-corrected chi connectivity index (χ0v) is 10.5. The van der Waals surface area contributed by atoms with Crippen LogP contribution in [0.5, 0.6) is 0 Å². The van der Waals surface area contributed by atoms with Gasteiger partial charge in [0.2, 0.25) is 0 Å². The molecule has 1 aromatic rings. The molecule has 0 unspecified atom stereocenters. The van der Waals surface area contributed by atoms with E-state index in [4.69, 9.17) is 0 Å². The van der Waals surface area contributed by atoms with E-state index < -0.39 is 5.60 Å². The SMILES string of the molecule is CCC[C@@H](NC)[C@@](C)(O)Cc1ccccc1. The third kappa shape index (κ3) is 3.62. The number of hydrogen-bond acceptors (Lipinski definition) is 2. The Labute approximate surface area is 98.7 Å². The van der Waals surface area contributed by atoms with Crippen molar-refractivity contribution in [3.63, 3.8) is 0 Å². The van der Waals surface area contributed by atoms with Crippen LogP contribution in [0.2, 0.25) is 0 Å². The van der Waals surface area contributed by atoms with Crippen molar-refractivity contribution in [2.75, 3.05) is 7.05 Å². The second-order valence-corrected chi connectivity index (χ2v) is 4.65. The Bertz CT molecular complexity index is 295. The summed E-state index contributed by atoms with van der Waals surface area (Å²) < 4.78 is 0. The molecule has 0 radical (unpaired) electrons. The molecule has 2 nitrogen and oxygen atoms in total. The van der Waals surface area contributed by atoms with E-state index in [9.17, 15) is 5.11 Å². The number of aliphatic hydroxyl groups is 1. The summed E-state index contributed by atoms with van der Waals surface area (Å²) in [6.07, 6.45) is 2.77. The van der Waals surface area contributed by atoms with Gasteiger partial charge in [-0.15, -0.1) is 0 Å². The molecule has 2 atom stereocenters. The molecule has 16 heavy (non-hydrogen) atoms. The molecule has 0 aromatic heterocycles. The first-order valence-electron chi connectivity index (χ1n) is 6.03. The molecule has 0 heterocycles. The molecule has 90 valence electrons. The molecule has 1 rings (SSSR count). The molecule has 0 aliphatic carbocycles. The monoisotopic (exact) mass is 221 g/mol. The highest BCUT2D eigenvalue weighted by Gasteiger charge is 2.29. The maximum Gasteiger partial charge on any atom is 0.0812 e. The number of nitrogens with one attached hydrogen (secondary N) is 1. The molecule has 2 heteroatoms. The smallest absolute Gasteiger partial charge is 0.0812 e. The lowest BCUT2D eigenvalue weighted by Crippen LogP contribution is -2.48. The van der Waals surface area contributed by atoms with Gasteiger partial charge in [0.15, 0.2) is 0 Å². The van der Waals surface area contributed by atoms with Gasteiger partial charge < -0.3 is 10.4 Å². The van der Waals surface area contributed by atoms with Gasteiger partial charge in [-0.1, -0.05) is 43.7 Å². The summed E-state index contributed by atoms with van der Waals surface area (Å²) in [5, 5.41) is 13.7. The summed E-state index contributed by atoms with van der Waals surface area (Å²) in [5.41, 5.74) is 0.496. The van der Waals surface area contributed by atoms with Crippen LogP contribution in [0.1, 0.15) is 32.3 Å². The fourth-order valence-corrected chi connectivity index (χ4v) is 2.19. The molecule has 0 saturated heterocycles. The van der Waals surface area contributed by atoms with Gasteiger partial charge in [0, 0.05) is 12.5 Å². The predicted molar refractivity (Wildman–Crippen MR) is 68.5 cm³/mol. The van der Waals surface area contributed by atoms with Crippen LogP contribution in [0.15, 0.2) is 30.3 Å². The molecule has 2 N–H and O–H groups in total. The molecule has 0 spiro atoms. The summed E-state index contributed by atoms with van der Waals surface area (Å²) in [6.45, 7) is 4.06. The Morgan fingerprint density at radius 3 is 2.44 bits per heavy atom. The molecule has 0 amide bonds. The summed E-state index contributed by atoms with van der Waals surface area (Å²) in [5.74, 6) is 0. The van der Waals surface area contributed by atoms with Crippen molar-refractivity contribution in [3.05, 3.63) is 35.9 Å². The normalized spacial score (nSPS) is 16.8. The van der Waals surface area contributed by atoms with Gasteiger partial charge in [-0.3, -0.25) is 0 Å². The molecular weight excluding hydrogens is 198 g/mol. The maximum atomic E-state index is 10.5. The van der Waals surface area contributed by atoms with Crippen LogP contribution in [0.25, 0.3) is 0 Å². The van der Waals surface area contributed by atoms with E-state index in [0.717, 1.165) is 12.8 Å². The average molecular weight is 221 g/mol. The first-order valence-corrected chi connectivity index (χ1v) is 6.03. The highest BCUT2D eigenvalue weighted by molar-refractivity contribution is 5.17. The minimum atomic E-state index is -0.688. The van der Waals surface area contributed by atoms with Crippen LogP contribution >= 0.6 is 0 Å². The van der Waals surface area contributed by atoms with Gasteiger partial charge in [0.1, 0.15) is 0 Å². The lowest BCUT2D eigenvalue weighted by Gasteiger charge is -2.33. The van der Waals surface area contributed by atoms with Crippen LogP contribution in [0.4, 0.5) is 0 Å². The fourth-order valence-electron chi connectivity index (χ4n) is 2.19. The van der Waals surface area contributed by atoms with Crippen LogP contribution < -0.4 is 5.32 Å². The number of benzene rings is 1. The molecule has 0 bridgehead atoms. The second kappa shape index (κ2) is 6.02. The lowest BCUT2D eigenvalue weighted by atomic mass is 9.87. The molecule has 0 fully saturated rings. The Balaban J connectivity index is 2.69. The third-order valence-electron chi connectivity index (χ3n) is 3.08. The van der Waals surface area contributed by atoms with E-state index in [0.29, 0.717) is 6.42 Å². The van der Waals surface area contributed by atoms with Crippen molar-refractivity contribution < 1.29 is 5.11 Å². The minimum Gasteiger partial charge on any atom is -0.388 e. The highest BCUT2D eigenvalue weighted by Crippen LogP contribution is 2.20. The first kappa shape index (κ1) is 13.2. The van der Waals surface area contributed by atoms with E-state index in [1.807, 2.05) is 32.2 Å². The van der Waals surface area contributed by atoms with Gasteiger partial charge >= 0.3 is 0 Å². The molecule has 0 aliphatic heterocycles. The maximum absolute atomic E-state index is 10.5. The zero-order chi connectivity index (χ0) is 12.0. The fraction of sp³-hybridized carbons (Fsp3) is 0.571. The summed E-state index contributed by atoms with van der Waals surface area (Å²) >= 11 is 0. The van der Waals surface area contributed by atoms with Gasteiger partial charge in [0.05, 0.1) is 5.60 Å². The van der Waals surface area contributed by atoms with Gasteiger partial charge in [0.25, 0.3) is 0 Å². The first-order chi connectivity index (χ1) is 7.60. The van der Waals surface area contributed by atoms with Crippen molar-refractivity contribution >= 4 is 0 Å². The Hall–Kier alpha value is -0.860. The molecule has 0 saturated carbocycles. The quantitative estimate of drug-likeness (QED) is 0.773. The van der Waals surface area contributed by atoms with Gasteiger partial charge in [-0.2, -0.15) is 0 Å². The van der Waals surface area contributed by atoms with Crippen LogP contribution in [0, 0.1) is 0 Å². The molecule has 0 aliphatic rings. The van der Waals surface area contributed by atoms with Crippen molar-refractivity contribution in [1.82, 2.24) is 5.32 Å². The van der Waals surface area contributed by atoms with E-state index in [1.165, 1.54) is 5.56 Å². The largest absolute Gasteiger partial charge is 0.388 e. The van der Waals surface area contributed by atoms with Crippen molar-refractivity contribution in [3.8, 4) is 0 Å².